The minimum Gasteiger partial charge on any atom is -0.497 e. The molecule has 1 aliphatic rings. The van der Waals surface area contributed by atoms with Crippen molar-refractivity contribution in [3.8, 4) is 5.75 Å². The van der Waals surface area contributed by atoms with Gasteiger partial charge in [0.25, 0.3) is 5.91 Å². The van der Waals surface area contributed by atoms with Crippen molar-refractivity contribution in [2.45, 2.75) is 19.4 Å². The second-order valence-electron chi connectivity index (χ2n) is 6.45. The molecule has 3 rings (SSSR count). The number of anilines is 1. The number of carbonyl (C=O) groups excluding carboxylic acids is 2. The van der Waals surface area contributed by atoms with E-state index in [1.807, 2.05) is 53.6 Å². The molecule has 1 aliphatic heterocycles. The molecule has 0 spiro atoms. The maximum atomic E-state index is 12.7. The van der Waals surface area contributed by atoms with Crippen LogP contribution in [-0.4, -0.2) is 60.9 Å². The van der Waals surface area contributed by atoms with Crippen molar-refractivity contribution in [3.05, 3.63) is 46.7 Å². The second-order valence-corrected chi connectivity index (χ2v) is 7.39. The molecule has 2 aromatic rings. The summed E-state index contributed by atoms with van der Waals surface area (Å²) in [5.41, 5.74) is 0.755. The summed E-state index contributed by atoms with van der Waals surface area (Å²) in [6.45, 7) is 4.70. The van der Waals surface area contributed by atoms with Crippen molar-refractivity contribution in [1.82, 2.24) is 9.80 Å². The van der Waals surface area contributed by atoms with Gasteiger partial charge in [0.15, 0.2) is 0 Å². The van der Waals surface area contributed by atoms with Gasteiger partial charge in [0.2, 0.25) is 5.91 Å². The van der Waals surface area contributed by atoms with E-state index in [2.05, 4.69) is 10.2 Å². The summed E-state index contributed by atoms with van der Waals surface area (Å²) in [4.78, 5) is 30.0. The standard InChI is InChI=1S/C20H25N3O3S/c1-3-17(19(24)21-15-6-8-16(26-2)9-7-15)22-10-12-23(13-11-22)20(25)18-5-4-14-27-18/h4-9,14,17H,3,10-13H2,1-2H3,(H,21,24). The number of nitrogens with one attached hydrogen (secondary N) is 1. The Hall–Kier alpha value is -2.38. The van der Waals surface area contributed by atoms with E-state index in [-0.39, 0.29) is 17.9 Å². The predicted octanol–water partition coefficient (Wildman–Crippen LogP) is 2.93. The summed E-state index contributed by atoms with van der Waals surface area (Å²) in [7, 11) is 1.61. The quantitative estimate of drug-likeness (QED) is 0.828. The Bertz CT molecular complexity index is 753. The minimum absolute atomic E-state index is 0.0132. The average molecular weight is 388 g/mol. The van der Waals surface area contributed by atoms with Gasteiger partial charge in [-0.05, 0) is 42.1 Å². The van der Waals surface area contributed by atoms with E-state index in [1.165, 1.54) is 11.3 Å². The Morgan fingerprint density at radius 3 is 2.41 bits per heavy atom. The van der Waals surface area contributed by atoms with E-state index in [0.29, 0.717) is 26.2 Å². The zero-order valence-corrected chi connectivity index (χ0v) is 16.5. The molecule has 1 atom stereocenters. The normalized spacial score (nSPS) is 16.0. The monoisotopic (exact) mass is 387 g/mol. The number of carbonyl (C=O) groups is 2. The molecule has 0 radical (unpaired) electrons. The summed E-state index contributed by atoms with van der Waals surface area (Å²) in [6.07, 6.45) is 0.723. The van der Waals surface area contributed by atoms with Gasteiger partial charge in [0.05, 0.1) is 18.0 Å². The third-order valence-electron chi connectivity index (χ3n) is 4.82. The number of methoxy groups -OCH3 is 1. The van der Waals surface area contributed by atoms with Gasteiger partial charge in [-0.3, -0.25) is 14.5 Å². The van der Waals surface area contributed by atoms with Crippen LogP contribution in [-0.2, 0) is 4.79 Å². The largest absolute Gasteiger partial charge is 0.497 e. The number of rotatable bonds is 6. The van der Waals surface area contributed by atoms with Crippen LogP contribution < -0.4 is 10.1 Å². The van der Waals surface area contributed by atoms with Crippen LogP contribution in [0.25, 0.3) is 0 Å². The van der Waals surface area contributed by atoms with E-state index < -0.39 is 0 Å². The van der Waals surface area contributed by atoms with E-state index in [9.17, 15) is 9.59 Å². The summed E-state index contributed by atoms with van der Waals surface area (Å²) in [6, 6.07) is 10.9. The first-order valence-electron chi connectivity index (χ1n) is 9.14. The molecule has 1 saturated heterocycles. The van der Waals surface area contributed by atoms with Crippen LogP contribution in [0.3, 0.4) is 0 Å². The summed E-state index contributed by atoms with van der Waals surface area (Å²) >= 11 is 1.47. The van der Waals surface area contributed by atoms with Crippen molar-refractivity contribution in [2.24, 2.45) is 0 Å². The van der Waals surface area contributed by atoms with Gasteiger partial charge in [-0.2, -0.15) is 0 Å². The lowest BCUT2D eigenvalue weighted by atomic mass is 10.1. The minimum atomic E-state index is -0.203. The van der Waals surface area contributed by atoms with Crippen LogP contribution in [0.5, 0.6) is 5.75 Å². The molecule has 27 heavy (non-hydrogen) atoms. The van der Waals surface area contributed by atoms with Crippen molar-refractivity contribution in [1.29, 1.82) is 0 Å². The Kier molecular flexibility index (Phi) is 6.47. The number of ether oxygens (including phenoxy) is 1. The molecule has 1 N–H and O–H groups in total. The molecule has 1 unspecified atom stereocenters. The average Bonchev–Trinajstić information content (AvgIpc) is 3.24. The molecule has 1 aromatic heterocycles. The lowest BCUT2D eigenvalue weighted by Gasteiger charge is -2.38. The fraction of sp³-hybridized carbons (Fsp3) is 0.400. The van der Waals surface area contributed by atoms with Gasteiger partial charge in [-0.25, -0.2) is 0 Å². The molecule has 2 heterocycles. The molecular formula is C20H25N3O3S. The van der Waals surface area contributed by atoms with Crippen LogP contribution in [0.15, 0.2) is 41.8 Å². The molecule has 0 bridgehead atoms. The Morgan fingerprint density at radius 2 is 1.85 bits per heavy atom. The molecular weight excluding hydrogens is 362 g/mol. The zero-order valence-electron chi connectivity index (χ0n) is 15.7. The van der Waals surface area contributed by atoms with Gasteiger partial charge < -0.3 is 15.0 Å². The van der Waals surface area contributed by atoms with Crippen LogP contribution in [0.4, 0.5) is 5.69 Å². The maximum Gasteiger partial charge on any atom is 0.264 e. The van der Waals surface area contributed by atoms with Crippen molar-refractivity contribution in [2.75, 3.05) is 38.6 Å². The van der Waals surface area contributed by atoms with Crippen molar-refractivity contribution >= 4 is 28.8 Å². The van der Waals surface area contributed by atoms with Crippen molar-refractivity contribution in [3.63, 3.8) is 0 Å². The first-order chi connectivity index (χ1) is 13.1. The van der Waals surface area contributed by atoms with Gasteiger partial charge in [0, 0.05) is 31.9 Å². The Morgan fingerprint density at radius 1 is 1.15 bits per heavy atom. The summed E-state index contributed by atoms with van der Waals surface area (Å²) < 4.78 is 5.14. The number of hydrogen-bond acceptors (Lipinski definition) is 5. The van der Waals surface area contributed by atoms with Crippen LogP contribution >= 0.6 is 11.3 Å². The molecule has 0 aliphatic carbocycles. The fourth-order valence-corrected chi connectivity index (χ4v) is 3.99. The van der Waals surface area contributed by atoms with Crippen LogP contribution in [0.1, 0.15) is 23.0 Å². The van der Waals surface area contributed by atoms with Crippen molar-refractivity contribution < 1.29 is 14.3 Å². The Balaban J connectivity index is 1.56. The molecule has 0 saturated carbocycles. The smallest absolute Gasteiger partial charge is 0.264 e. The highest BCUT2D eigenvalue weighted by molar-refractivity contribution is 7.12. The summed E-state index contributed by atoms with van der Waals surface area (Å²) in [5.74, 6) is 0.827. The fourth-order valence-electron chi connectivity index (χ4n) is 3.30. The Labute approximate surface area is 163 Å². The highest BCUT2D eigenvalue weighted by Crippen LogP contribution is 2.18. The molecule has 7 heteroatoms. The highest BCUT2D eigenvalue weighted by atomic mass is 32.1. The topological polar surface area (TPSA) is 61.9 Å². The van der Waals surface area contributed by atoms with E-state index in [1.54, 1.807) is 7.11 Å². The van der Waals surface area contributed by atoms with Crippen LogP contribution in [0, 0.1) is 0 Å². The number of hydrogen-bond donors (Lipinski definition) is 1. The molecule has 144 valence electrons. The maximum absolute atomic E-state index is 12.7. The van der Waals surface area contributed by atoms with Gasteiger partial charge >= 0.3 is 0 Å². The summed E-state index contributed by atoms with van der Waals surface area (Å²) in [5, 5.41) is 4.90. The number of amides is 2. The molecule has 1 fully saturated rings. The highest BCUT2D eigenvalue weighted by Gasteiger charge is 2.29. The molecule has 2 amide bonds. The second kappa shape index (κ2) is 9.01. The van der Waals surface area contributed by atoms with E-state index in [0.717, 1.165) is 22.7 Å². The first-order valence-corrected chi connectivity index (χ1v) is 10.0. The number of piperazine rings is 1. The van der Waals surface area contributed by atoms with Gasteiger partial charge in [-0.1, -0.05) is 13.0 Å². The number of benzene rings is 1. The lowest BCUT2D eigenvalue weighted by molar-refractivity contribution is -0.122. The molecule has 1 aromatic carbocycles. The van der Waals surface area contributed by atoms with Gasteiger partial charge in [-0.15, -0.1) is 11.3 Å². The predicted molar refractivity (Wildman–Crippen MR) is 107 cm³/mol. The molecule has 6 nitrogen and oxygen atoms in total. The number of thiophene rings is 1. The van der Waals surface area contributed by atoms with Crippen LogP contribution in [0.2, 0.25) is 0 Å². The van der Waals surface area contributed by atoms with E-state index in [4.69, 9.17) is 4.74 Å². The third kappa shape index (κ3) is 4.67. The SMILES string of the molecule is CCC(C(=O)Nc1ccc(OC)cc1)N1CCN(C(=O)c2cccs2)CC1. The lowest BCUT2D eigenvalue weighted by Crippen LogP contribution is -2.54. The third-order valence-corrected chi connectivity index (χ3v) is 5.68. The zero-order chi connectivity index (χ0) is 19.2. The first kappa shape index (κ1) is 19.4. The van der Waals surface area contributed by atoms with E-state index >= 15 is 0 Å². The van der Waals surface area contributed by atoms with Gasteiger partial charge in [0.1, 0.15) is 5.75 Å². The number of nitrogens with zero attached hydrogens (tertiary/aromatic N) is 2.